The summed E-state index contributed by atoms with van der Waals surface area (Å²) < 4.78 is 1.77. The quantitative estimate of drug-likeness (QED) is 0.683. The molecule has 0 aliphatic carbocycles. The van der Waals surface area contributed by atoms with Crippen molar-refractivity contribution in [2.75, 3.05) is 11.9 Å². The topological polar surface area (TPSA) is 75.6 Å². The van der Waals surface area contributed by atoms with Gasteiger partial charge in [-0.1, -0.05) is 23.7 Å². The molecular formula is C18H22ClN5O. The van der Waals surface area contributed by atoms with Gasteiger partial charge in [0, 0.05) is 11.6 Å². The molecule has 6 nitrogen and oxygen atoms in total. The number of nitrogens with zero attached hydrogens (tertiary/aromatic N) is 3. The second kappa shape index (κ2) is 6.88. The highest BCUT2D eigenvalue weighted by Crippen LogP contribution is 2.18. The first-order valence-corrected chi connectivity index (χ1v) is 8.69. The van der Waals surface area contributed by atoms with E-state index in [2.05, 4.69) is 20.4 Å². The molecule has 2 heterocycles. The van der Waals surface area contributed by atoms with Crippen LogP contribution >= 0.6 is 11.6 Å². The second-order valence-electron chi connectivity index (χ2n) is 7.04. The van der Waals surface area contributed by atoms with Gasteiger partial charge in [-0.3, -0.25) is 9.78 Å². The third-order valence-corrected chi connectivity index (χ3v) is 4.17. The van der Waals surface area contributed by atoms with Crippen LogP contribution in [0.2, 0.25) is 5.02 Å². The fourth-order valence-electron chi connectivity index (χ4n) is 2.64. The SMILES string of the molecule is CC(C)(C)n1ncc2c(=O)[nH]c(NCCCc3ccc(Cl)cc3)nc21. The summed E-state index contributed by atoms with van der Waals surface area (Å²) in [6.45, 7) is 6.80. The van der Waals surface area contributed by atoms with Gasteiger partial charge in [-0.2, -0.15) is 10.1 Å². The maximum atomic E-state index is 12.2. The Kier molecular flexibility index (Phi) is 4.81. The first-order chi connectivity index (χ1) is 11.8. The van der Waals surface area contributed by atoms with E-state index in [1.54, 1.807) is 10.9 Å². The third-order valence-electron chi connectivity index (χ3n) is 3.92. The van der Waals surface area contributed by atoms with Crippen molar-refractivity contribution < 1.29 is 0 Å². The summed E-state index contributed by atoms with van der Waals surface area (Å²) in [6.07, 6.45) is 3.41. The summed E-state index contributed by atoms with van der Waals surface area (Å²) >= 11 is 5.89. The van der Waals surface area contributed by atoms with Crippen LogP contribution in [-0.2, 0) is 12.0 Å². The molecule has 0 atom stereocenters. The minimum atomic E-state index is -0.242. The number of aromatic nitrogens is 4. The molecule has 0 amide bonds. The molecule has 0 spiro atoms. The molecule has 0 aliphatic rings. The zero-order chi connectivity index (χ0) is 18.0. The van der Waals surface area contributed by atoms with Gasteiger partial charge in [0.1, 0.15) is 5.39 Å². The number of aryl methyl sites for hydroxylation is 1. The van der Waals surface area contributed by atoms with Gasteiger partial charge < -0.3 is 5.32 Å². The van der Waals surface area contributed by atoms with Crippen LogP contribution < -0.4 is 10.9 Å². The Labute approximate surface area is 151 Å². The Balaban J connectivity index is 1.69. The number of aromatic amines is 1. The van der Waals surface area contributed by atoms with Crippen LogP contribution in [0.25, 0.3) is 11.0 Å². The van der Waals surface area contributed by atoms with E-state index in [0.29, 0.717) is 23.5 Å². The molecule has 0 aliphatic heterocycles. The number of hydrogen-bond acceptors (Lipinski definition) is 4. The zero-order valence-electron chi connectivity index (χ0n) is 14.6. The van der Waals surface area contributed by atoms with Gasteiger partial charge in [-0.15, -0.1) is 0 Å². The zero-order valence-corrected chi connectivity index (χ0v) is 15.4. The average Bonchev–Trinajstić information content (AvgIpc) is 2.98. The average molecular weight is 360 g/mol. The molecule has 0 saturated carbocycles. The number of hydrogen-bond donors (Lipinski definition) is 2. The Bertz CT molecular complexity index is 921. The van der Waals surface area contributed by atoms with Crippen molar-refractivity contribution in [3.63, 3.8) is 0 Å². The van der Waals surface area contributed by atoms with E-state index in [9.17, 15) is 4.79 Å². The summed E-state index contributed by atoms with van der Waals surface area (Å²) in [4.78, 5) is 19.5. The van der Waals surface area contributed by atoms with Crippen LogP contribution in [0.1, 0.15) is 32.8 Å². The maximum absolute atomic E-state index is 12.2. The van der Waals surface area contributed by atoms with E-state index >= 15 is 0 Å². The highest BCUT2D eigenvalue weighted by Gasteiger charge is 2.19. The number of benzene rings is 1. The molecule has 7 heteroatoms. The van der Waals surface area contributed by atoms with Crippen molar-refractivity contribution in [1.82, 2.24) is 19.7 Å². The molecule has 3 aromatic rings. The molecule has 0 saturated heterocycles. The fourth-order valence-corrected chi connectivity index (χ4v) is 2.77. The van der Waals surface area contributed by atoms with E-state index in [0.717, 1.165) is 17.9 Å². The van der Waals surface area contributed by atoms with Crippen LogP contribution in [0.3, 0.4) is 0 Å². The molecule has 132 valence electrons. The smallest absolute Gasteiger partial charge is 0.263 e. The van der Waals surface area contributed by atoms with Gasteiger partial charge in [-0.05, 0) is 51.3 Å². The monoisotopic (exact) mass is 359 g/mol. The molecule has 0 unspecified atom stereocenters. The number of H-pyrrole nitrogens is 1. The summed E-state index contributed by atoms with van der Waals surface area (Å²) in [5.41, 5.74) is 1.40. The van der Waals surface area contributed by atoms with Crippen molar-refractivity contribution in [3.8, 4) is 0 Å². The van der Waals surface area contributed by atoms with Crippen molar-refractivity contribution in [2.24, 2.45) is 0 Å². The van der Waals surface area contributed by atoms with E-state index < -0.39 is 0 Å². The van der Waals surface area contributed by atoms with Gasteiger partial charge in [0.05, 0.1) is 11.7 Å². The summed E-state index contributed by atoms with van der Waals surface area (Å²) in [7, 11) is 0. The predicted octanol–water partition coefficient (Wildman–Crippen LogP) is 3.57. The number of fused-ring (bicyclic) bond motifs is 1. The minimum absolute atomic E-state index is 0.180. The summed E-state index contributed by atoms with van der Waals surface area (Å²) in [5.74, 6) is 0.472. The number of anilines is 1. The van der Waals surface area contributed by atoms with E-state index in [1.807, 2.05) is 45.0 Å². The molecule has 2 N–H and O–H groups in total. The lowest BCUT2D eigenvalue weighted by molar-refractivity contribution is 0.366. The van der Waals surface area contributed by atoms with Crippen LogP contribution in [0.5, 0.6) is 0 Å². The molecule has 25 heavy (non-hydrogen) atoms. The van der Waals surface area contributed by atoms with Gasteiger partial charge in [0.25, 0.3) is 5.56 Å². The first kappa shape index (κ1) is 17.5. The highest BCUT2D eigenvalue weighted by atomic mass is 35.5. The number of halogens is 1. The summed E-state index contributed by atoms with van der Waals surface area (Å²) in [6, 6.07) is 7.84. The van der Waals surface area contributed by atoms with Crippen LogP contribution in [0, 0.1) is 0 Å². The molecule has 0 radical (unpaired) electrons. The minimum Gasteiger partial charge on any atom is -0.356 e. The molecule has 0 bridgehead atoms. The fraction of sp³-hybridized carbons (Fsp3) is 0.389. The largest absolute Gasteiger partial charge is 0.356 e. The van der Waals surface area contributed by atoms with E-state index in [4.69, 9.17) is 11.6 Å². The summed E-state index contributed by atoms with van der Waals surface area (Å²) in [5, 5.41) is 8.75. The molecule has 1 aromatic carbocycles. The number of rotatable bonds is 5. The van der Waals surface area contributed by atoms with Gasteiger partial charge >= 0.3 is 0 Å². The van der Waals surface area contributed by atoms with E-state index in [1.165, 1.54) is 5.56 Å². The molecule has 3 rings (SSSR count). The van der Waals surface area contributed by atoms with Crippen molar-refractivity contribution in [3.05, 3.63) is 51.4 Å². The van der Waals surface area contributed by atoms with Crippen LogP contribution in [0.15, 0.2) is 35.3 Å². The Hall–Kier alpha value is -2.34. The lowest BCUT2D eigenvalue weighted by Gasteiger charge is -2.19. The maximum Gasteiger partial charge on any atom is 0.263 e. The lowest BCUT2D eigenvalue weighted by atomic mass is 10.1. The lowest BCUT2D eigenvalue weighted by Crippen LogP contribution is -2.24. The van der Waals surface area contributed by atoms with Crippen LogP contribution in [-0.4, -0.2) is 26.3 Å². The Morgan fingerprint density at radius 2 is 1.96 bits per heavy atom. The van der Waals surface area contributed by atoms with Crippen LogP contribution in [0.4, 0.5) is 5.95 Å². The van der Waals surface area contributed by atoms with Crippen molar-refractivity contribution >= 4 is 28.6 Å². The standard InChI is InChI=1S/C18H22ClN5O/c1-18(2,3)24-15-14(11-21-24)16(25)23-17(22-15)20-10-4-5-12-6-8-13(19)9-7-12/h6-9,11H,4-5,10H2,1-3H3,(H2,20,22,23,25). The molecular weight excluding hydrogens is 338 g/mol. The Morgan fingerprint density at radius 3 is 2.64 bits per heavy atom. The van der Waals surface area contributed by atoms with Crippen molar-refractivity contribution in [1.29, 1.82) is 0 Å². The highest BCUT2D eigenvalue weighted by molar-refractivity contribution is 6.30. The molecule has 2 aromatic heterocycles. The van der Waals surface area contributed by atoms with Gasteiger partial charge in [-0.25, -0.2) is 4.68 Å². The van der Waals surface area contributed by atoms with Crippen molar-refractivity contribution in [2.45, 2.75) is 39.2 Å². The molecule has 0 fully saturated rings. The van der Waals surface area contributed by atoms with Gasteiger partial charge in [0.2, 0.25) is 5.95 Å². The third kappa shape index (κ3) is 4.02. The number of nitrogens with one attached hydrogen (secondary N) is 2. The van der Waals surface area contributed by atoms with E-state index in [-0.39, 0.29) is 11.1 Å². The van der Waals surface area contributed by atoms with Gasteiger partial charge in [0.15, 0.2) is 5.65 Å². The first-order valence-electron chi connectivity index (χ1n) is 8.31. The predicted molar refractivity (Wildman–Crippen MR) is 101 cm³/mol. The second-order valence-corrected chi connectivity index (χ2v) is 7.47. The Morgan fingerprint density at radius 1 is 1.24 bits per heavy atom. The normalized spacial score (nSPS) is 11.8.